The highest BCUT2D eigenvalue weighted by Gasteiger charge is 2.19. The Kier molecular flexibility index (Phi) is 3.84. The summed E-state index contributed by atoms with van der Waals surface area (Å²) in [5, 5.41) is 22.7. The van der Waals surface area contributed by atoms with Gasteiger partial charge in [0.2, 0.25) is 11.8 Å². The molecule has 1 amide bonds. The van der Waals surface area contributed by atoms with E-state index in [4.69, 9.17) is 9.63 Å². The zero-order chi connectivity index (χ0) is 14.8. The molecule has 8 heteroatoms. The van der Waals surface area contributed by atoms with E-state index in [0.29, 0.717) is 11.6 Å². The molecule has 0 atom stereocenters. The fourth-order valence-electron chi connectivity index (χ4n) is 1.50. The lowest BCUT2D eigenvalue weighted by Crippen LogP contribution is -2.19. The zero-order valence-electron chi connectivity index (χ0n) is 11.6. The first-order valence-corrected chi connectivity index (χ1v) is 6.15. The molecular formula is C12H17N5O3. The fraction of sp³-hybridized carbons (Fsp3) is 0.500. The Hall–Kier alpha value is -2.22. The lowest BCUT2D eigenvalue weighted by molar-refractivity contribution is -0.117. The smallest absolute Gasteiger partial charge is 0.248 e. The molecule has 0 aromatic carbocycles. The average molecular weight is 279 g/mol. The highest BCUT2D eigenvalue weighted by molar-refractivity contribution is 5.89. The Morgan fingerprint density at radius 1 is 1.50 bits per heavy atom. The number of anilines is 1. The molecule has 108 valence electrons. The maximum absolute atomic E-state index is 11.8. The van der Waals surface area contributed by atoms with Gasteiger partial charge < -0.3 is 9.63 Å². The normalized spacial score (nSPS) is 11.6. The minimum Gasteiger partial charge on any atom is -0.390 e. The molecule has 0 aliphatic rings. The van der Waals surface area contributed by atoms with E-state index in [1.807, 2.05) is 20.8 Å². The summed E-state index contributed by atoms with van der Waals surface area (Å²) < 4.78 is 6.39. The first-order chi connectivity index (χ1) is 9.38. The van der Waals surface area contributed by atoms with E-state index in [1.165, 1.54) is 10.9 Å². The molecule has 0 saturated heterocycles. The van der Waals surface area contributed by atoms with Gasteiger partial charge in [0, 0.05) is 11.5 Å². The van der Waals surface area contributed by atoms with Crippen LogP contribution in [0.3, 0.4) is 0 Å². The maximum atomic E-state index is 11.8. The minimum absolute atomic E-state index is 0.0153. The first kappa shape index (κ1) is 14.2. The van der Waals surface area contributed by atoms with Crippen LogP contribution in [0.1, 0.15) is 32.2 Å². The van der Waals surface area contributed by atoms with Crippen LogP contribution in [-0.4, -0.2) is 31.2 Å². The van der Waals surface area contributed by atoms with Crippen molar-refractivity contribution in [3.8, 4) is 0 Å². The number of nitrogens with zero attached hydrogens (tertiary/aromatic N) is 4. The number of aliphatic hydroxyl groups excluding tert-OH is 1. The number of hydrogen-bond acceptors (Lipinski definition) is 6. The quantitative estimate of drug-likeness (QED) is 0.853. The standard InChI is InChI=1S/C12H17N5O3/c1-12(2,3)9-4-11(20-15-9)13-10(19)6-17-5-8(7-18)14-16-17/h4-5,18H,6-7H2,1-3H3,(H,13,19). The summed E-state index contributed by atoms with van der Waals surface area (Å²) in [7, 11) is 0. The molecule has 0 aliphatic heterocycles. The Morgan fingerprint density at radius 2 is 2.25 bits per heavy atom. The molecule has 0 radical (unpaired) electrons. The molecule has 0 fully saturated rings. The molecule has 2 rings (SSSR count). The molecule has 20 heavy (non-hydrogen) atoms. The predicted octanol–water partition coefficient (Wildman–Crippen LogP) is 0.695. The van der Waals surface area contributed by atoms with E-state index in [0.717, 1.165) is 5.69 Å². The van der Waals surface area contributed by atoms with Crippen LogP contribution in [0, 0.1) is 0 Å². The molecule has 2 N–H and O–H groups in total. The predicted molar refractivity (Wildman–Crippen MR) is 69.8 cm³/mol. The van der Waals surface area contributed by atoms with Crippen molar-refractivity contribution in [1.29, 1.82) is 0 Å². The number of rotatable bonds is 4. The number of nitrogens with one attached hydrogen (secondary N) is 1. The third-order valence-electron chi connectivity index (χ3n) is 2.59. The van der Waals surface area contributed by atoms with Crippen molar-refractivity contribution in [1.82, 2.24) is 20.2 Å². The average Bonchev–Trinajstić information content (AvgIpc) is 2.97. The fourth-order valence-corrected chi connectivity index (χ4v) is 1.50. The molecule has 0 aliphatic carbocycles. The summed E-state index contributed by atoms with van der Waals surface area (Å²) >= 11 is 0. The van der Waals surface area contributed by atoms with Crippen LogP contribution in [0.5, 0.6) is 0 Å². The van der Waals surface area contributed by atoms with Crippen molar-refractivity contribution in [2.45, 2.75) is 39.3 Å². The van der Waals surface area contributed by atoms with Gasteiger partial charge in [-0.05, 0) is 0 Å². The van der Waals surface area contributed by atoms with Gasteiger partial charge in [0.15, 0.2) is 0 Å². The third-order valence-corrected chi connectivity index (χ3v) is 2.59. The number of carbonyl (C=O) groups excluding carboxylic acids is 1. The van der Waals surface area contributed by atoms with Crippen LogP contribution in [0.15, 0.2) is 16.8 Å². The molecule has 8 nitrogen and oxygen atoms in total. The van der Waals surface area contributed by atoms with Crippen LogP contribution in [0.4, 0.5) is 5.88 Å². The molecule has 0 unspecified atom stereocenters. The van der Waals surface area contributed by atoms with E-state index in [1.54, 1.807) is 6.07 Å². The van der Waals surface area contributed by atoms with E-state index in [-0.39, 0.29) is 24.5 Å². The van der Waals surface area contributed by atoms with Crippen molar-refractivity contribution in [2.75, 3.05) is 5.32 Å². The number of aliphatic hydroxyl groups is 1. The van der Waals surface area contributed by atoms with Gasteiger partial charge in [-0.2, -0.15) is 0 Å². The SMILES string of the molecule is CC(C)(C)c1cc(NC(=O)Cn2cc(CO)nn2)on1. The van der Waals surface area contributed by atoms with Gasteiger partial charge in [-0.15, -0.1) is 5.10 Å². The van der Waals surface area contributed by atoms with Crippen molar-refractivity contribution < 1.29 is 14.4 Å². The number of amides is 1. The summed E-state index contributed by atoms with van der Waals surface area (Å²) in [6, 6.07) is 1.69. The summed E-state index contributed by atoms with van der Waals surface area (Å²) in [4.78, 5) is 11.8. The van der Waals surface area contributed by atoms with Crippen molar-refractivity contribution in [3.05, 3.63) is 23.7 Å². The van der Waals surface area contributed by atoms with Crippen molar-refractivity contribution in [3.63, 3.8) is 0 Å². The Bertz CT molecular complexity index is 596. The maximum Gasteiger partial charge on any atom is 0.248 e. The van der Waals surface area contributed by atoms with Crippen LogP contribution >= 0.6 is 0 Å². The van der Waals surface area contributed by atoms with Crippen molar-refractivity contribution >= 4 is 11.8 Å². The van der Waals surface area contributed by atoms with Crippen LogP contribution in [0.2, 0.25) is 0 Å². The van der Waals surface area contributed by atoms with Gasteiger partial charge in [-0.1, -0.05) is 31.1 Å². The second-order valence-corrected chi connectivity index (χ2v) is 5.44. The van der Waals surface area contributed by atoms with Crippen LogP contribution in [-0.2, 0) is 23.4 Å². The first-order valence-electron chi connectivity index (χ1n) is 6.15. The van der Waals surface area contributed by atoms with Gasteiger partial charge in [0.05, 0.1) is 18.5 Å². The number of hydrogen-bond donors (Lipinski definition) is 2. The van der Waals surface area contributed by atoms with Crippen molar-refractivity contribution in [2.24, 2.45) is 0 Å². The Morgan fingerprint density at radius 3 is 2.80 bits per heavy atom. The second kappa shape index (κ2) is 5.41. The summed E-state index contributed by atoms with van der Waals surface area (Å²) in [6.45, 7) is 5.78. The molecule has 2 heterocycles. The largest absolute Gasteiger partial charge is 0.390 e. The number of aromatic nitrogens is 4. The summed E-state index contributed by atoms with van der Waals surface area (Å²) in [6.07, 6.45) is 1.50. The monoisotopic (exact) mass is 279 g/mol. The molecule has 2 aromatic rings. The Balaban J connectivity index is 1.96. The van der Waals surface area contributed by atoms with Crippen LogP contribution in [0.25, 0.3) is 0 Å². The van der Waals surface area contributed by atoms with Gasteiger partial charge in [0.25, 0.3) is 0 Å². The highest BCUT2D eigenvalue weighted by Crippen LogP contribution is 2.23. The van der Waals surface area contributed by atoms with Gasteiger partial charge >= 0.3 is 0 Å². The third kappa shape index (κ3) is 3.41. The zero-order valence-corrected chi connectivity index (χ0v) is 11.6. The van der Waals surface area contributed by atoms with Crippen LogP contribution < -0.4 is 5.32 Å². The summed E-state index contributed by atoms with van der Waals surface area (Å²) in [5.41, 5.74) is 1.03. The van der Waals surface area contributed by atoms with E-state index < -0.39 is 0 Å². The van der Waals surface area contributed by atoms with Gasteiger partial charge in [-0.3, -0.25) is 10.1 Å². The topological polar surface area (TPSA) is 106 Å². The lowest BCUT2D eigenvalue weighted by atomic mass is 9.92. The Labute approximate surface area is 115 Å². The van der Waals surface area contributed by atoms with E-state index in [9.17, 15) is 4.79 Å². The lowest BCUT2D eigenvalue weighted by Gasteiger charge is -2.12. The molecule has 0 bridgehead atoms. The highest BCUT2D eigenvalue weighted by atomic mass is 16.5. The van der Waals surface area contributed by atoms with E-state index >= 15 is 0 Å². The van der Waals surface area contributed by atoms with Gasteiger partial charge in [0.1, 0.15) is 12.2 Å². The molecular weight excluding hydrogens is 262 g/mol. The molecule has 0 saturated carbocycles. The molecule has 0 spiro atoms. The minimum atomic E-state index is -0.309. The second-order valence-electron chi connectivity index (χ2n) is 5.44. The number of carbonyl (C=O) groups is 1. The van der Waals surface area contributed by atoms with E-state index in [2.05, 4.69) is 20.8 Å². The molecule has 2 aromatic heterocycles. The summed E-state index contributed by atoms with van der Waals surface area (Å²) in [5.74, 6) is -0.0154. The van der Waals surface area contributed by atoms with Gasteiger partial charge in [-0.25, -0.2) is 4.68 Å².